The molecule has 0 fully saturated rings. The molecule has 3 rings (SSSR count). The van der Waals surface area contributed by atoms with E-state index in [1.165, 1.54) is 7.11 Å². The third kappa shape index (κ3) is 2.80. The molecular formula is C18H20N2O3. The SMILES string of the molecule is COC(=O)C(O)C1C(c2ccc(C)cc2)N=C2C=CC(C)=CN21. The zero-order valence-corrected chi connectivity index (χ0v) is 13.4. The molecule has 120 valence electrons. The molecular weight excluding hydrogens is 292 g/mol. The lowest BCUT2D eigenvalue weighted by molar-refractivity contribution is -0.153. The monoisotopic (exact) mass is 312 g/mol. The lowest BCUT2D eigenvalue weighted by atomic mass is 9.94. The van der Waals surface area contributed by atoms with Crippen molar-refractivity contribution < 1.29 is 14.6 Å². The van der Waals surface area contributed by atoms with Crippen LogP contribution in [0.1, 0.15) is 24.1 Å². The summed E-state index contributed by atoms with van der Waals surface area (Å²) in [6.45, 7) is 3.98. The molecule has 23 heavy (non-hydrogen) atoms. The number of hydrogen-bond donors (Lipinski definition) is 1. The number of aliphatic imine (C=N–C) groups is 1. The van der Waals surface area contributed by atoms with Crippen LogP contribution >= 0.6 is 0 Å². The van der Waals surface area contributed by atoms with E-state index in [1.54, 1.807) is 0 Å². The number of carbonyl (C=O) groups is 1. The second-order valence-corrected chi connectivity index (χ2v) is 5.92. The van der Waals surface area contributed by atoms with Gasteiger partial charge in [0.15, 0.2) is 6.10 Å². The van der Waals surface area contributed by atoms with Crippen molar-refractivity contribution in [3.8, 4) is 0 Å². The normalized spacial score (nSPS) is 23.9. The molecule has 0 saturated carbocycles. The number of methoxy groups -OCH3 is 1. The van der Waals surface area contributed by atoms with Gasteiger partial charge in [-0.25, -0.2) is 4.79 Å². The number of rotatable bonds is 3. The first-order valence-electron chi connectivity index (χ1n) is 7.56. The van der Waals surface area contributed by atoms with E-state index in [0.717, 1.165) is 22.5 Å². The lowest BCUT2D eigenvalue weighted by Gasteiger charge is -2.31. The maximum atomic E-state index is 11.9. The van der Waals surface area contributed by atoms with Crippen LogP contribution in [0.2, 0.25) is 0 Å². The Morgan fingerprint density at radius 1 is 1.26 bits per heavy atom. The summed E-state index contributed by atoms with van der Waals surface area (Å²) in [5.41, 5.74) is 3.15. The van der Waals surface area contributed by atoms with Crippen molar-refractivity contribution in [2.24, 2.45) is 4.99 Å². The summed E-state index contributed by atoms with van der Waals surface area (Å²) in [5.74, 6) is 0.0956. The Morgan fingerprint density at radius 3 is 2.61 bits per heavy atom. The molecule has 0 spiro atoms. The highest BCUT2D eigenvalue weighted by molar-refractivity contribution is 5.98. The number of nitrogens with zero attached hydrogens (tertiary/aromatic N) is 2. The number of allylic oxidation sites excluding steroid dienone is 2. The number of aryl methyl sites for hydroxylation is 1. The lowest BCUT2D eigenvalue weighted by Crippen LogP contribution is -2.47. The fourth-order valence-corrected chi connectivity index (χ4v) is 2.96. The average Bonchev–Trinajstić information content (AvgIpc) is 2.92. The van der Waals surface area contributed by atoms with Crippen LogP contribution in [-0.2, 0) is 9.53 Å². The minimum Gasteiger partial charge on any atom is -0.467 e. The van der Waals surface area contributed by atoms with Crippen molar-refractivity contribution >= 4 is 11.8 Å². The Balaban J connectivity index is 2.02. The van der Waals surface area contributed by atoms with E-state index >= 15 is 0 Å². The number of carbonyl (C=O) groups excluding carboxylic acids is 1. The van der Waals surface area contributed by atoms with Gasteiger partial charge in [-0.3, -0.25) is 4.99 Å². The Bertz CT molecular complexity index is 703. The van der Waals surface area contributed by atoms with Gasteiger partial charge in [-0.15, -0.1) is 0 Å². The highest BCUT2D eigenvalue weighted by Crippen LogP contribution is 2.36. The van der Waals surface area contributed by atoms with Crippen LogP contribution in [0.25, 0.3) is 0 Å². The Morgan fingerprint density at radius 2 is 1.96 bits per heavy atom. The van der Waals surface area contributed by atoms with Crippen LogP contribution in [-0.4, -0.2) is 41.1 Å². The highest BCUT2D eigenvalue weighted by Gasteiger charge is 2.44. The molecule has 0 radical (unpaired) electrons. The molecule has 1 aromatic carbocycles. The maximum Gasteiger partial charge on any atom is 0.336 e. The first kappa shape index (κ1) is 15.5. The van der Waals surface area contributed by atoms with Gasteiger partial charge in [-0.1, -0.05) is 35.9 Å². The van der Waals surface area contributed by atoms with Gasteiger partial charge >= 0.3 is 5.97 Å². The first-order valence-corrected chi connectivity index (χ1v) is 7.56. The predicted octanol–water partition coefficient (Wildman–Crippen LogP) is 2.13. The summed E-state index contributed by atoms with van der Waals surface area (Å²) in [6, 6.07) is 7.14. The molecule has 1 N–H and O–H groups in total. The van der Waals surface area contributed by atoms with Gasteiger partial charge in [0.25, 0.3) is 0 Å². The van der Waals surface area contributed by atoms with Crippen molar-refractivity contribution in [1.29, 1.82) is 0 Å². The van der Waals surface area contributed by atoms with Gasteiger partial charge in [0.05, 0.1) is 13.2 Å². The summed E-state index contributed by atoms with van der Waals surface area (Å²) in [4.78, 5) is 18.5. The van der Waals surface area contributed by atoms with Crippen LogP contribution < -0.4 is 0 Å². The van der Waals surface area contributed by atoms with Gasteiger partial charge in [-0.05, 0) is 31.1 Å². The molecule has 5 nitrogen and oxygen atoms in total. The standard InChI is InChI=1S/C18H20N2O3/c1-11-4-7-13(8-5-11)15-16(17(21)18(22)23-3)20-10-12(2)6-9-14(20)19-15/h4-10,15-17,21H,1-3H3. The van der Waals surface area contributed by atoms with Gasteiger partial charge in [0.2, 0.25) is 0 Å². The second kappa shape index (κ2) is 6.01. The fourth-order valence-electron chi connectivity index (χ4n) is 2.96. The van der Waals surface area contributed by atoms with Crippen molar-refractivity contribution in [1.82, 2.24) is 4.90 Å². The van der Waals surface area contributed by atoms with Crippen LogP contribution in [0.3, 0.4) is 0 Å². The molecule has 2 aliphatic heterocycles. The molecule has 0 aromatic heterocycles. The van der Waals surface area contributed by atoms with Crippen molar-refractivity contribution in [2.45, 2.75) is 32.0 Å². The molecule has 0 saturated heterocycles. The summed E-state index contributed by atoms with van der Waals surface area (Å²) in [7, 11) is 1.28. The van der Waals surface area contributed by atoms with Crippen LogP contribution in [0.15, 0.2) is 53.2 Å². The van der Waals surface area contributed by atoms with E-state index in [9.17, 15) is 9.90 Å². The Labute approximate surface area is 135 Å². The third-order valence-electron chi connectivity index (χ3n) is 4.20. The third-order valence-corrected chi connectivity index (χ3v) is 4.20. The zero-order valence-electron chi connectivity index (χ0n) is 13.4. The minimum atomic E-state index is -1.27. The Hall–Kier alpha value is -2.40. The molecule has 5 heteroatoms. The number of benzene rings is 1. The van der Waals surface area contributed by atoms with E-state index in [0.29, 0.717) is 0 Å². The number of aliphatic hydroxyl groups excluding tert-OH is 1. The highest BCUT2D eigenvalue weighted by atomic mass is 16.5. The predicted molar refractivity (Wildman–Crippen MR) is 87.9 cm³/mol. The number of esters is 1. The minimum absolute atomic E-state index is 0.327. The summed E-state index contributed by atoms with van der Waals surface area (Å²) < 4.78 is 4.73. The molecule has 0 aliphatic carbocycles. The summed E-state index contributed by atoms with van der Waals surface area (Å²) in [5, 5.41) is 10.5. The molecule has 0 amide bonds. The maximum absolute atomic E-state index is 11.9. The van der Waals surface area contributed by atoms with Crippen molar-refractivity contribution in [2.75, 3.05) is 7.11 Å². The topological polar surface area (TPSA) is 62.1 Å². The van der Waals surface area contributed by atoms with Crippen LogP contribution in [0.5, 0.6) is 0 Å². The molecule has 3 atom stereocenters. The average molecular weight is 312 g/mol. The van der Waals surface area contributed by atoms with Crippen LogP contribution in [0, 0.1) is 6.92 Å². The van der Waals surface area contributed by atoms with Crippen molar-refractivity contribution in [3.05, 3.63) is 59.3 Å². The van der Waals surface area contributed by atoms with Crippen LogP contribution in [0.4, 0.5) is 0 Å². The number of fused-ring (bicyclic) bond motifs is 1. The van der Waals surface area contributed by atoms with Gasteiger partial charge in [-0.2, -0.15) is 0 Å². The van der Waals surface area contributed by atoms with Gasteiger partial charge in [0.1, 0.15) is 11.9 Å². The summed E-state index contributed by atoms with van der Waals surface area (Å²) >= 11 is 0. The van der Waals surface area contributed by atoms with E-state index < -0.39 is 18.1 Å². The molecule has 1 aromatic rings. The fraction of sp³-hybridized carbons (Fsp3) is 0.333. The Kier molecular flexibility index (Phi) is 4.05. The quantitative estimate of drug-likeness (QED) is 0.869. The van der Waals surface area contributed by atoms with E-state index in [2.05, 4.69) is 0 Å². The second-order valence-electron chi connectivity index (χ2n) is 5.92. The number of hydrogen-bond acceptors (Lipinski definition) is 5. The van der Waals surface area contributed by atoms with Crippen molar-refractivity contribution in [3.63, 3.8) is 0 Å². The van der Waals surface area contributed by atoms with E-state index in [-0.39, 0.29) is 6.04 Å². The number of aliphatic hydroxyl groups is 1. The molecule has 3 unspecified atom stereocenters. The largest absolute Gasteiger partial charge is 0.467 e. The number of amidine groups is 1. The molecule has 2 aliphatic rings. The number of ether oxygens (including phenoxy) is 1. The van der Waals surface area contributed by atoms with E-state index in [1.807, 2.05) is 61.4 Å². The van der Waals surface area contributed by atoms with Gasteiger partial charge < -0.3 is 14.7 Å². The smallest absolute Gasteiger partial charge is 0.336 e. The molecule has 2 heterocycles. The molecule has 0 bridgehead atoms. The first-order chi connectivity index (χ1) is 11.0. The van der Waals surface area contributed by atoms with E-state index in [4.69, 9.17) is 9.73 Å². The summed E-state index contributed by atoms with van der Waals surface area (Å²) in [6.07, 6.45) is 4.50. The van der Waals surface area contributed by atoms with Gasteiger partial charge in [0, 0.05) is 6.20 Å². The zero-order chi connectivity index (χ0) is 16.6.